The molecule has 9 heteroatoms. The van der Waals surface area contributed by atoms with E-state index < -0.39 is 21.9 Å². The molecule has 1 unspecified atom stereocenters. The molecule has 3 N–H and O–H groups in total. The molecule has 25 heavy (non-hydrogen) atoms. The Morgan fingerprint density at radius 3 is 2.56 bits per heavy atom. The first-order chi connectivity index (χ1) is 11.8. The number of carbonyl (C=O) groups is 2. The van der Waals surface area contributed by atoms with Crippen LogP contribution in [0.15, 0.2) is 29.2 Å². The third kappa shape index (κ3) is 5.17. The van der Waals surface area contributed by atoms with E-state index in [1.807, 2.05) is 0 Å². The number of likely N-dealkylation sites (tertiary alicyclic amines) is 1. The number of piperidine rings is 1. The molecular weight excluding hydrogens is 346 g/mol. The van der Waals surface area contributed by atoms with E-state index in [1.54, 1.807) is 19.1 Å². The van der Waals surface area contributed by atoms with E-state index in [-0.39, 0.29) is 24.0 Å². The van der Waals surface area contributed by atoms with Gasteiger partial charge in [-0.05, 0) is 30.5 Å². The summed E-state index contributed by atoms with van der Waals surface area (Å²) < 4.78 is 26.1. The van der Waals surface area contributed by atoms with Crippen molar-refractivity contribution in [2.75, 3.05) is 19.6 Å². The summed E-state index contributed by atoms with van der Waals surface area (Å²) >= 11 is 0. The maximum atomic E-state index is 12.2. The third-order valence-electron chi connectivity index (χ3n) is 4.07. The predicted octanol–water partition coefficient (Wildman–Crippen LogP) is 0.991. The van der Waals surface area contributed by atoms with Gasteiger partial charge >= 0.3 is 12.0 Å². The van der Waals surface area contributed by atoms with Crippen molar-refractivity contribution < 1.29 is 23.1 Å². The van der Waals surface area contributed by atoms with Crippen molar-refractivity contribution in [3.05, 3.63) is 29.8 Å². The lowest BCUT2D eigenvalue weighted by Crippen LogP contribution is -2.46. The van der Waals surface area contributed by atoms with E-state index in [9.17, 15) is 18.0 Å². The number of aliphatic carboxylic acids is 1. The van der Waals surface area contributed by atoms with E-state index in [4.69, 9.17) is 5.11 Å². The SMILES string of the molecule is CCNS(=O)(=O)c1ccc(CNC(=O)N2CCCC(C(=O)O)C2)cc1. The van der Waals surface area contributed by atoms with Gasteiger partial charge in [0.25, 0.3) is 0 Å². The zero-order chi connectivity index (χ0) is 18.4. The first kappa shape index (κ1) is 19.2. The molecule has 2 amide bonds. The molecule has 1 aliphatic rings. The summed E-state index contributed by atoms with van der Waals surface area (Å²) in [6, 6.07) is 5.94. The molecule has 0 radical (unpaired) electrons. The van der Waals surface area contributed by atoms with Crippen LogP contribution in [0.1, 0.15) is 25.3 Å². The second kappa shape index (κ2) is 8.30. The second-order valence-corrected chi connectivity index (χ2v) is 7.69. The van der Waals surface area contributed by atoms with Crippen LogP contribution in [0, 0.1) is 5.92 Å². The van der Waals surface area contributed by atoms with Gasteiger partial charge in [-0.15, -0.1) is 0 Å². The van der Waals surface area contributed by atoms with Crippen molar-refractivity contribution in [1.29, 1.82) is 0 Å². The van der Waals surface area contributed by atoms with E-state index in [2.05, 4.69) is 10.0 Å². The number of amides is 2. The zero-order valence-corrected chi connectivity index (χ0v) is 14.9. The van der Waals surface area contributed by atoms with Crippen molar-refractivity contribution in [3.63, 3.8) is 0 Å². The van der Waals surface area contributed by atoms with Gasteiger partial charge in [0, 0.05) is 26.2 Å². The number of carbonyl (C=O) groups excluding carboxylic acids is 1. The number of hydrogen-bond donors (Lipinski definition) is 3. The predicted molar refractivity (Wildman–Crippen MR) is 91.5 cm³/mol. The Labute approximate surface area is 147 Å². The monoisotopic (exact) mass is 369 g/mol. The highest BCUT2D eigenvalue weighted by molar-refractivity contribution is 7.89. The highest BCUT2D eigenvalue weighted by Crippen LogP contribution is 2.17. The molecule has 1 heterocycles. The minimum atomic E-state index is -3.49. The Morgan fingerprint density at radius 1 is 1.28 bits per heavy atom. The Bertz CT molecular complexity index is 718. The van der Waals surface area contributed by atoms with Crippen molar-refractivity contribution >= 4 is 22.0 Å². The van der Waals surface area contributed by atoms with Crippen molar-refractivity contribution in [2.45, 2.75) is 31.2 Å². The van der Waals surface area contributed by atoms with Crippen LogP contribution in [-0.2, 0) is 21.4 Å². The lowest BCUT2D eigenvalue weighted by molar-refractivity contribution is -0.143. The Kier molecular flexibility index (Phi) is 6.38. The summed E-state index contributed by atoms with van der Waals surface area (Å²) in [5, 5.41) is 11.8. The quantitative estimate of drug-likeness (QED) is 0.692. The smallest absolute Gasteiger partial charge is 0.317 e. The number of sulfonamides is 1. The fourth-order valence-electron chi connectivity index (χ4n) is 2.71. The first-order valence-corrected chi connectivity index (χ1v) is 9.66. The third-order valence-corrected chi connectivity index (χ3v) is 5.63. The molecule has 0 bridgehead atoms. The van der Waals surface area contributed by atoms with Crippen LogP contribution in [0.2, 0.25) is 0 Å². The van der Waals surface area contributed by atoms with Gasteiger partial charge in [-0.25, -0.2) is 17.9 Å². The van der Waals surface area contributed by atoms with E-state index in [0.717, 1.165) is 5.56 Å². The molecule has 0 saturated carbocycles. The molecule has 2 rings (SSSR count). The minimum absolute atomic E-state index is 0.171. The van der Waals surface area contributed by atoms with Crippen LogP contribution in [0.5, 0.6) is 0 Å². The van der Waals surface area contributed by atoms with Crippen LogP contribution in [0.4, 0.5) is 4.79 Å². The fourth-order valence-corrected chi connectivity index (χ4v) is 3.75. The molecule has 0 spiro atoms. The van der Waals surface area contributed by atoms with Gasteiger partial charge in [0.05, 0.1) is 10.8 Å². The highest BCUT2D eigenvalue weighted by atomic mass is 32.2. The van der Waals surface area contributed by atoms with Crippen molar-refractivity contribution in [2.24, 2.45) is 5.92 Å². The lowest BCUT2D eigenvalue weighted by Gasteiger charge is -2.30. The topological polar surface area (TPSA) is 116 Å². The molecule has 8 nitrogen and oxygen atoms in total. The number of nitrogens with one attached hydrogen (secondary N) is 2. The largest absolute Gasteiger partial charge is 0.481 e. The summed E-state index contributed by atoms with van der Waals surface area (Å²) in [5.74, 6) is -1.40. The Balaban J connectivity index is 1.90. The average Bonchev–Trinajstić information content (AvgIpc) is 2.60. The van der Waals surface area contributed by atoms with Gasteiger partial charge in [0.2, 0.25) is 10.0 Å². The van der Waals surface area contributed by atoms with Crippen LogP contribution in [-0.4, -0.2) is 50.1 Å². The molecule has 138 valence electrons. The summed E-state index contributed by atoms with van der Waals surface area (Å²) in [6.07, 6.45) is 1.25. The van der Waals surface area contributed by atoms with Crippen LogP contribution < -0.4 is 10.0 Å². The molecule has 0 aromatic heterocycles. The van der Waals surface area contributed by atoms with Crippen LogP contribution in [0.3, 0.4) is 0 Å². The highest BCUT2D eigenvalue weighted by Gasteiger charge is 2.27. The van der Waals surface area contributed by atoms with Gasteiger partial charge in [-0.1, -0.05) is 19.1 Å². The van der Waals surface area contributed by atoms with E-state index in [0.29, 0.717) is 25.9 Å². The molecule has 1 aromatic carbocycles. The molecule has 1 aromatic rings. The number of carboxylic acid groups (broad SMARTS) is 1. The first-order valence-electron chi connectivity index (χ1n) is 8.17. The van der Waals surface area contributed by atoms with Crippen LogP contribution >= 0.6 is 0 Å². The fraction of sp³-hybridized carbons (Fsp3) is 0.500. The Hall–Kier alpha value is -2.13. The van der Waals surface area contributed by atoms with Gasteiger partial charge in [0.15, 0.2) is 0 Å². The molecule has 1 aliphatic heterocycles. The van der Waals surface area contributed by atoms with Gasteiger partial charge in [-0.2, -0.15) is 0 Å². The molecule has 1 atom stereocenters. The number of benzene rings is 1. The molecule has 0 aliphatic carbocycles. The molecule has 1 saturated heterocycles. The second-order valence-electron chi connectivity index (χ2n) is 5.93. The maximum Gasteiger partial charge on any atom is 0.317 e. The molecular formula is C16H23N3O5S. The normalized spacial score (nSPS) is 18.0. The maximum absolute atomic E-state index is 12.2. The van der Waals surface area contributed by atoms with Gasteiger partial charge in [-0.3, -0.25) is 4.79 Å². The number of urea groups is 1. The van der Waals surface area contributed by atoms with E-state index >= 15 is 0 Å². The lowest BCUT2D eigenvalue weighted by atomic mass is 9.99. The van der Waals surface area contributed by atoms with E-state index in [1.165, 1.54) is 17.0 Å². The summed E-state index contributed by atoms with van der Waals surface area (Å²) in [7, 11) is -3.49. The van der Waals surface area contributed by atoms with Gasteiger partial charge < -0.3 is 15.3 Å². The van der Waals surface area contributed by atoms with Crippen molar-refractivity contribution in [1.82, 2.24) is 14.9 Å². The van der Waals surface area contributed by atoms with Crippen molar-refractivity contribution in [3.8, 4) is 0 Å². The minimum Gasteiger partial charge on any atom is -0.481 e. The Morgan fingerprint density at radius 2 is 1.96 bits per heavy atom. The van der Waals surface area contributed by atoms with Gasteiger partial charge in [0.1, 0.15) is 0 Å². The standard InChI is InChI=1S/C16H23N3O5S/c1-2-18-25(23,24)14-7-5-12(6-8-14)10-17-16(22)19-9-3-4-13(11-19)15(20)21/h5-8,13,18H,2-4,9-11H2,1H3,(H,17,22)(H,20,21). The zero-order valence-electron chi connectivity index (χ0n) is 14.1. The number of nitrogens with zero attached hydrogens (tertiary/aromatic N) is 1. The summed E-state index contributed by atoms with van der Waals surface area (Å²) in [4.78, 5) is 24.9. The number of carboxylic acids is 1. The van der Waals surface area contributed by atoms with Crippen LogP contribution in [0.25, 0.3) is 0 Å². The summed E-state index contributed by atoms with van der Waals surface area (Å²) in [5.41, 5.74) is 0.760. The number of hydrogen-bond acceptors (Lipinski definition) is 4. The summed E-state index contributed by atoms with van der Waals surface area (Å²) in [6.45, 7) is 3.01. The average molecular weight is 369 g/mol. The molecule has 1 fully saturated rings. The number of rotatable bonds is 6.